The zero-order chi connectivity index (χ0) is 10.1. The molecule has 0 saturated heterocycles. The van der Waals surface area contributed by atoms with Gasteiger partial charge in [-0.1, -0.05) is 39.2 Å². The summed E-state index contributed by atoms with van der Waals surface area (Å²) in [6.45, 7) is 4.45. The molecule has 76 valence electrons. The maximum absolute atomic E-state index is 10.1. The number of hydrogen-bond acceptors (Lipinski definition) is 1. The monoisotopic (exact) mass is 184 g/mol. The fourth-order valence-electron chi connectivity index (χ4n) is 1.18. The quantitative estimate of drug-likeness (QED) is 0.487. The predicted molar refractivity (Wildman–Crippen MR) is 54.7 cm³/mol. The van der Waals surface area contributed by atoms with Gasteiger partial charge >= 0.3 is 5.97 Å². The van der Waals surface area contributed by atoms with Crippen molar-refractivity contribution in [2.75, 3.05) is 0 Å². The molecule has 0 aromatic carbocycles. The highest BCUT2D eigenvalue weighted by atomic mass is 16.4. The summed E-state index contributed by atoms with van der Waals surface area (Å²) in [5, 5.41) is 8.30. The van der Waals surface area contributed by atoms with Gasteiger partial charge < -0.3 is 5.11 Å². The molecule has 0 aromatic rings. The molecule has 2 heteroatoms. The molecule has 0 aliphatic carbocycles. The maximum atomic E-state index is 10.1. The number of unbranched alkanes of at least 4 members (excludes halogenated alkanes) is 3. The molecule has 2 nitrogen and oxygen atoms in total. The molecule has 13 heavy (non-hydrogen) atoms. The summed E-state index contributed by atoms with van der Waals surface area (Å²) >= 11 is 0. The Hall–Kier alpha value is -0.790. The Morgan fingerprint density at radius 1 is 1.31 bits per heavy atom. The molecule has 0 aliphatic rings. The third kappa shape index (κ3) is 11.2. The number of aliphatic carboxylic acids is 1. The minimum atomic E-state index is -0.845. The van der Waals surface area contributed by atoms with E-state index in [2.05, 4.69) is 13.8 Å². The van der Waals surface area contributed by atoms with Crippen LogP contribution in [0.5, 0.6) is 0 Å². The summed E-state index contributed by atoms with van der Waals surface area (Å²) in [6.07, 6.45) is 8.71. The van der Waals surface area contributed by atoms with E-state index in [0.29, 0.717) is 0 Å². The smallest absolute Gasteiger partial charge is 0.327 e. The van der Waals surface area contributed by atoms with Crippen LogP contribution in [-0.4, -0.2) is 11.1 Å². The zero-order valence-electron chi connectivity index (χ0n) is 8.62. The Morgan fingerprint density at radius 3 is 2.54 bits per heavy atom. The van der Waals surface area contributed by atoms with E-state index in [1.807, 2.05) is 0 Å². The van der Waals surface area contributed by atoms with Crippen molar-refractivity contribution in [3.8, 4) is 0 Å². The van der Waals surface area contributed by atoms with E-state index >= 15 is 0 Å². The van der Waals surface area contributed by atoms with Gasteiger partial charge in [0.05, 0.1) is 0 Å². The van der Waals surface area contributed by atoms with Crippen LogP contribution in [0.15, 0.2) is 12.2 Å². The molecule has 0 radical (unpaired) electrons. The largest absolute Gasteiger partial charge is 0.478 e. The normalized spacial score (nSPS) is 11.3. The van der Waals surface area contributed by atoms with Crippen molar-refractivity contribution in [1.82, 2.24) is 0 Å². The van der Waals surface area contributed by atoms with Crippen molar-refractivity contribution in [2.24, 2.45) is 5.92 Å². The van der Waals surface area contributed by atoms with E-state index in [4.69, 9.17) is 5.11 Å². The van der Waals surface area contributed by atoms with Gasteiger partial charge in [0.15, 0.2) is 0 Å². The molecule has 0 saturated carbocycles. The van der Waals surface area contributed by atoms with Gasteiger partial charge in [-0.2, -0.15) is 0 Å². The van der Waals surface area contributed by atoms with Crippen LogP contribution in [0, 0.1) is 5.92 Å². The van der Waals surface area contributed by atoms with E-state index in [0.717, 1.165) is 18.8 Å². The van der Waals surface area contributed by atoms with Crippen molar-refractivity contribution < 1.29 is 9.90 Å². The summed E-state index contributed by atoms with van der Waals surface area (Å²) in [5.74, 6) is -0.0586. The van der Waals surface area contributed by atoms with Gasteiger partial charge in [0.25, 0.3) is 0 Å². The molecular weight excluding hydrogens is 164 g/mol. The fourth-order valence-corrected chi connectivity index (χ4v) is 1.18. The minimum absolute atomic E-state index is 0.787. The molecular formula is C11H20O2. The van der Waals surface area contributed by atoms with Gasteiger partial charge in [-0.3, -0.25) is 0 Å². The Morgan fingerprint density at radius 2 is 2.00 bits per heavy atom. The molecule has 0 heterocycles. The van der Waals surface area contributed by atoms with Crippen LogP contribution < -0.4 is 0 Å². The minimum Gasteiger partial charge on any atom is -0.478 e. The van der Waals surface area contributed by atoms with Gasteiger partial charge in [-0.25, -0.2) is 4.79 Å². The number of hydrogen-bond donors (Lipinski definition) is 1. The molecule has 0 unspecified atom stereocenters. The van der Waals surface area contributed by atoms with E-state index < -0.39 is 5.97 Å². The summed E-state index contributed by atoms with van der Waals surface area (Å²) < 4.78 is 0. The van der Waals surface area contributed by atoms with Crippen molar-refractivity contribution in [3.63, 3.8) is 0 Å². The molecule has 0 bridgehead atoms. The zero-order valence-corrected chi connectivity index (χ0v) is 8.62. The Labute approximate surface area is 80.7 Å². The standard InChI is InChI=1S/C11H20O2/c1-10(2)8-6-4-3-5-7-9-11(12)13/h7,9-10H,3-6,8H2,1-2H3,(H,12,13)/b9-7-. The number of allylic oxidation sites excluding steroid dienone is 1. The van der Waals surface area contributed by atoms with Gasteiger partial charge in [0.1, 0.15) is 0 Å². The second-order valence-corrected chi connectivity index (χ2v) is 3.77. The van der Waals surface area contributed by atoms with Gasteiger partial charge in [-0.15, -0.1) is 0 Å². The summed E-state index contributed by atoms with van der Waals surface area (Å²) in [7, 11) is 0. The van der Waals surface area contributed by atoms with Crippen LogP contribution in [-0.2, 0) is 4.79 Å². The van der Waals surface area contributed by atoms with Crippen LogP contribution >= 0.6 is 0 Å². The molecule has 0 amide bonds. The van der Waals surface area contributed by atoms with Crippen molar-refractivity contribution in [1.29, 1.82) is 0 Å². The lowest BCUT2D eigenvalue weighted by Crippen LogP contribution is -1.87. The predicted octanol–water partition coefficient (Wildman–Crippen LogP) is 3.23. The first-order valence-corrected chi connectivity index (χ1v) is 5.02. The van der Waals surface area contributed by atoms with E-state index in [-0.39, 0.29) is 0 Å². The van der Waals surface area contributed by atoms with Gasteiger partial charge in [-0.05, 0) is 18.8 Å². The second kappa shape index (κ2) is 7.84. The fraction of sp³-hybridized carbons (Fsp3) is 0.727. The highest BCUT2D eigenvalue weighted by Gasteiger charge is 1.93. The van der Waals surface area contributed by atoms with E-state index in [1.165, 1.54) is 25.3 Å². The van der Waals surface area contributed by atoms with E-state index in [9.17, 15) is 4.79 Å². The molecule has 1 N–H and O–H groups in total. The average Bonchev–Trinajstić information content (AvgIpc) is 2.01. The molecule has 0 atom stereocenters. The molecule has 0 aliphatic heterocycles. The molecule has 0 spiro atoms. The van der Waals surface area contributed by atoms with Crippen molar-refractivity contribution >= 4 is 5.97 Å². The van der Waals surface area contributed by atoms with Crippen LogP contribution in [0.2, 0.25) is 0 Å². The first-order chi connectivity index (χ1) is 6.13. The van der Waals surface area contributed by atoms with Gasteiger partial charge in [0.2, 0.25) is 0 Å². The first-order valence-electron chi connectivity index (χ1n) is 5.02. The lowest BCUT2D eigenvalue weighted by Gasteiger charge is -2.02. The van der Waals surface area contributed by atoms with Crippen LogP contribution in [0.1, 0.15) is 46.0 Å². The number of rotatable bonds is 7. The number of carbonyl (C=O) groups is 1. The van der Waals surface area contributed by atoms with Crippen molar-refractivity contribution in [3.05, 3.63) is 12.2 Å². The SMILES string of the molecule is CC(C)CCCCC/C=C\C(=O)O. The topological polar surface area (TPSA) is 37.3 Å². The van der Waals surface area contributed by atoms with Crippen LogP contribution in [0.4, 0.5) is 0 Å². The lowest BCUT2D eigenvalue weighted by molar-refractivity contribution is -0.131. The van der Waals surface area contributed by atoms with Crippen LogP contribution in [0.3, 0.4) is 0 Å². The molecule has 0 aromatic heterocycles. The van der Waals surface area contributed by atoms with E-state index in [1.54, 1.807) is 6.08 Å². The Bertz CT molecular complexity index is 159. The Balaban J connectivity index is 3.13. The summed E-state index contributed by atoms with van der Waals surface area (Å²) in [4.78, 5) is 10.1. The highest BCUT2D eigenvalue weighted by Crippen LogP contribution is 2.09. The second-order valence-electron chi connectivity index (χ2n) is 3.77. The summed E-state index contributed by atoms with van der Waals surface area (Å²) in [5.41, 5.74) is 0. The van der Waals surface area contributed by atoms with Crippen LogP contribution in [0.25, 0.3) is 0 Å². The summed E-state index contributed by atoms with van der Waals surface area (Å²) in [6, 6.07) is 0. The highest BCUT2D eigenvalue weighted by molar-refractivity contribution is 5.79. The third-order valence-electron chi connectivity index (χ3n) is 1.91. The van der Waals surface area contributed by atoms with Gasteiger partial charge in [0, 0.05) is 6.08 Å². The third-order valence-corrected chi connectivity index (χ3v) is 1.91. The average molecular weight is 184 g/mol. The first kappa shape index (κ1) is 12.2. The molecule has 0 rings (SSSR count). The Kier molecular flexibility index (Phi) is 7.36. The maximum Gasteiger partial charge on any atom is 0.327 e. The molecule has 0 fully saturated rings. The van der Waals surface area contributed by atoms with Crippen molar-refractivity contribution in [2.45, 2.75) is 46.0 Å². The number of carboxylic acid groups (broad SMARTS) is 1. The number of carboxylic acids is 1. The lowest BCUT2D eigenvalue weighted by atomic mass is 10.0.